The van der Waals surface area contributed by atoms with Crippen molar-refractivity contribution in [2.75, 3.05) is 0 Å². The third kappa shape index (κ3) is 4.10. The van der Waals surface area contributed by atoms with Gasteiger partial charge in [0.05, 0.1) is 6.04 Å². The second-order valence-corrected chi connectivity index (χ2v) is 5.30. The van der Waals surface area contributed by atoms with E-state index < -0.39 is 6.09 Å². The molecular weight excluding hydrogens is 318 g/mol. The van der Waals surface area contributed by atoms with Gasteiger partial charge in [-0.05, 0) is 24.1 Å². The van der Waals surface area contributed by atoms with Gasteiger partial charge in [-0.3, -0.25) is 0 Å². The molecule has 0 aliphatic rings. The lowest BCUT2D eigenvalue weighted by Gasteiger charge is -2.15. The molecule has 2 aromatic rings. The summed E-state index contributed by atoms with van der Waals surface area (Å²) in [5.74, 6) is 0. The Kier molecular flexibility index (Phi) is 5.18. The van der Waals surface area contributed by atoms with Crippen LogP contribution in [0.2, 0.25) is 0 Å². The number of carbonyl (C=O) groups excluding carboxylic acids is 1. The monoisotopic (exact) mass is 333 g/mol. The first-order valence-corrected chi connectivity index (χ1v) is 7.18. The van der Waals surface area contributed by atoms with E-state index in [1.807, 2.05) is 61.5 Å². The maximum Gasteiger partial charge on any atom is 0.407 e. The van der Waals surface area contributed by atoms with Crippen LogP contribution in [0.3, 0.4) is 0 Å². The van der Waals surface area contributed by atoms with Crippen molar-refractivity contribution in [1.29, 1.82) is 0 Å². The van der Waals surface area contributed by atoms with Crippen LogP contribution in [0.15, 0.2) is 59.1 Å². The van der Waals surface area contributed by atoms with Crippen LogP contribution >= 0.6 is 15.9 Å². The number of ether oxygens (including phenoxy) is 1. The molecule has 0 aliphatic carbocycles. The van der Waals surface area contributed by atoms with Gasteiger partial charge in [0, 0.05) is 4.47 Å². The third-order valence-corrected chi connectivity index (χ3v) is 3.64. The number of halogens is 1. The molecule has 2 rings (SSSR count). The van der Waals surface area contributed by atoms with Crippen molar-refractivity contribution < 1.29 is 9.53 Å². The highest BCUT2D eigenvalue weighted by atomic mass is 79.9. The summed E-state index contributed by atoms with van der Waals surface area (Å²) >= 11 is 3.47. The maximum atomic E-state index is 11.8. The standard InChI is InChI=1S/C16H16BrNO2/c1-12(14-9-5-6-10-15(14)17)18-16(19)20-11-13-7-3-2-4-8-13/h2-10,12H,11H2,1H3,(H,18,19)/t12-/m1/s1. The fraction of sp³-hybridized carbons (Fsp3) is 0.188. The van der Waals surface area contributed by atoms with E-state index in [0.29, 0.717) is 0 Å². The van der Waals surface area contributed by atoms with Crippen molar-refractivity contribution >= 4 is 22.0 Å². The number of hydrogen-bond acceptors (Lipinski definition) is 2. The van der Waals surface area contributed by atoms with E-state index >= 15 is 0 Å². The van der Waals surface area contributed by atoms with Gasteiger partial charge < -0.3 is 10.1 Å². The minimum atomic E-state index is -0.419. The largest absolute Gasteiger partial charge is 0.445 e. The zero-order valence-corrected chi connectivity index (χ0v) is 12.8. The number of alkyl carbamates (subject to hydrolysis) is 1. The molecule has 3 nitrogen and oxygen atoms in total. The van der Waals surface area contributed by atoms with E-state index in [2.05, 4.69) is 21.2 Å². The predicted octanol–water partition coefficient (Wildman–Crippen LogP) is 4.44. The van der Waals surface area contributed by atoms with Gasteiger partial charge in [0.2, 0.25) is 0 Å². The van der Waals surface area contributed by atoms with Crippen LogP contribution in [0.5, 0.6) is 0 Å². The van der Waals surface area contributed by atoms with Gasteiger partial charge in [-0.15, -0.1) is 0 Å². The van der Waals surface area contributed by atoms with Crippen LogP contribution in [0, 0.1) is 0 Å². The molecule has 0 spiro atoms. The molecule has 0 radical (unpaired) electrons. The highest BCUT2D eigenvalue weighted by Crippen LogP contribution is 2.22. The van der Waals surface area contributed by atoms with Crippen molar-refractivity contribution in [2.24, 2.45) is 0 Å². The van der Waals surface area contributed by atoms with Gasteiger partial charge in [0.25, 0.3) is 0 Å². The van der Waals surface area contributed by atoms with E-state index in [9.17, 15) is 4.79 Å². The van der Waals surface area contributed by atoms with Crippen LogP contribution < -0.4 is 5.32 Å². The molecule has 0 aromatic heterocycles. The van der Waals surface area contributed by atoms with Gasteiger partial charge >= 0.3 is 6.09 Å². The molecule has 4 heteroatoms. The van der Waals surface area contributed by atoms with Crippen molar-refractivity contribution in [3.63, 3.8) is 0 Å². The van der Waals surface area contributed by atoms with Crippen molar-refractivity contribution in [1.82, 2.24) is 5.32 Å². The second-order valence-electron chi connectivity index (χ2n) is 4.45. The molecule has 1 atom stereocenters. The van der Waals surface area contributed by atoms with Crippen molar-refractivity contribution in [3.05, 3.63) is 70.2 Å². The number of benzene rings is 2. The average molecular weight is 334 g/mol. The van der Waals surface area contributed by atoms with Crippen LogP contribution in [0.25, 0.3) is 0 Å². The van der Waals surface area contributed by atoms with Crippen LogP contribution in [-0.4, -0.2) is 6.09 Å². The average Bonchev–Trinajstić information content (AvgIpc) is 2.46. The Hall–Kier alpha value is -1.81. The molecule has 0 saturated carbocycles. The molecule has 0 saturated heterocycles. The summed E-state index contributed by atoms with van der Waals surface area (Å²) in [6.45, 7) is 2.19. The smallest absolute Gasteiger partial charge is 0.407 e. The van der Waals surface area contributed by atoms with Crippen molar-refractivity contribution in [3.8, 4) is 0 Å². The predicted molar refractivity (Wildman–Crippen MR) is 82.3 cm³/mol. The molecule has 0 aliphatic heterocycles. The Balaban J connectivity index is 1.87. The van der Waals surface area contributed by atoms with Gasteiger partial charge in [-0.2, -0.15) is 0 Å². The Morgan fingerprint density at radius 3 is 2.50 bits per heavy atom. The third-order valence-electron chi connectivity index (χ3n) is 2.92. The van der Waals surface area contributed by atoms with Crippen LogP contribution in [0.1, 0.15) is 24.1 Å². The first kappa shape index (κ1) is 14.6. The first-order valence-electron chi connectivity index (χ1n) is 6.38. The zero-order chi connectivity index (χ0) is 14.4. The Labute approximate surface area is 127 Å². The lowest BCUT2D eigenvalue weighted by molar-refractivity contribution is 0.136. The minimum Gasteiger partial charge on any atom is -0.445 e. The zero-order valence-electron chi connectivity index (χ0n) is 11.2. The molecule has 0 bridgehead atoms. The Morgan fingerprint density at radius 1 is 1.15 bits per heavy atom. The minimum absolute atomic E-state index is 0.117. The van der Waals surface area contributed by atoms with Crippen LogP contribution in [-0.2, 0) is 11.3 Å². The van der Waals surface area contributed by atoms with E-state index in [4.69, 9.17) is 4.74 Å². The van der Waals surface area contributed by atoms with Gasteiger partial charge in [-0.1, -0.05) is 64.5 Å². The highest BCUT2D eigenvalue weighted by Gasteiger charge is 2.12. The summed E-state index contributed by atoms with van der Waals surface area (Å²) < 4.78 is 6.16. The number of amides is 1. The molecule has 20 heavy (non-hydrogen) atoms. The van der Waals surface area contributed by atoms with E-state index in [-0.39, 0.29) is 12.6 Å². The fourth-order valence-electron chi connectivity index (χ4n) is 1.85. The van der Waals surface area contributed by atoms with Gasteiger partial charge in [0.15, 0.2) is 0 Å². The molecule has 2 aromatic carbocycles. The summed E-state index contributed by atoms with van der Waals surface area (Å²) in [6.07, 6.45) is -0.419. The number of hydrogen-bond donors (Lipinski definition) is 1. The lowest BCUT2D eigenvalue weighted by Crippen LogP contribution is -2.27. The molecule has 1 amide bonds. The van der Waals surface area contributed by atoms with Gasteiger partial charge in [-0.25, -0.2) is 4.79 Å². The normalized spacial score (nSPS) is 11.7. The molecule has 0 heterocycles. The number of nitrogens with one attached hydrogen (secondary N) is 1. The maximum absolute atomic E-state index is 11.8. The molecule has 104 valence electrons. The summed E-state index contributed by atoms with van der Waals surface area (Å²) in [6, 6.07) is 17.3. The SMILES string of the molecule is C[C@@H](NC(=O)OCc1ccccc1)c1ccccc1Br. The highest BCUT2D eigenvalue weighted by molar-refractivity contribution is 9.10. The first-order chi connectivity index (χ1) is 9.66. The fourth-order valence-corrected chi connectivity index (χ4v) is 2.47. The Morgan fingerprint density at radius 2 is 1.80 bits per heavy atom. The quantitative estimate of drug-likeness (QED) is 0.898. The summed E-state index contributed by atoms with van der Waals surface area (Å²) in [5, 5.41) is 2.82. The number of carbonyl (C=O) groups is 1. The molecular formula is C16H16BrNO2. The topological polar surface area (TPSA) is 38.3 Å². The molecule has 1 N–H and O–H groups in total. The van der Waals surface area contributed by atoms with Crippen molar-refractivity contribution in [2.45, 2.75) is 19.6 Å². The van der Waals surface area contributed by atoms with E-state index in [1.165, 1.54) is 0 Å². The van der Waals surface area contributed by atoms with Crippen LogP contribution in [0.4, 0.5) is 4.79 Å². The van der Waals surface area contributed by atoms with E-state index in [1.54, 1.807) is 0 Å². The Bertz CT molecular complexity index is 572. The molecule has 0 unspecified atom stereocenters. The summed E-state index contributed by atoms with van der Waals surface area (Å²) in [4.78, 5) is 11.8. The molecule has 0 fully saturated rings. The van der Waals surface area contributed by atoms with Gasteiger partial charge in [0.1, 0.15) is 6.61 Å². The summed E-state index contributed by atoms with van der Waals surface area (Å²) in [7, 11) is 0. The van der Waals surface area contributed by atoms with E-state index in [0.717, 1.165) is 15.6 Å². The lowest BCUT2D eigenvalue weighted by atomic mass is 10.1. The second kappa shape index (κ2) is 7.10. The summed E-state index contributed by atoms with van der Waals surface area (Å²) in [5.41, 5.74) is 1.99. The number of rotatable bonds is 4.